The van der Waals surface area contributed by atoms with Gasteiger partial charge in [-0.3, -0.25) is 4.79 Å². The standard InChI is InChI=1S/C24H26N2O5S/c1-25(17-19-7-5-4-6-8-19)32(28,29)23-15-13-22(14-16-23)31-18-24(27)26(2)20-9-11-21(30-3)12-10-20/h4-16H,17-18H2,1-3H3. The van der Waals surface area contributed by atoms with Crippen LogP contribution >= 0.6 is 0 Å². The average Bonchev–Trinajstić information content (AvgIpc) is 2.83. The lowest BCUT2D eigenvalue weighted by atomic mass is 10.2. The van der Waals surface area contributed by atoms with Gasteiger partial charge in [-0.25, -0.2) is 8.42 Å². The van der Waals surface area contributed by atoms with E-state index in [1.165, 1.54) is 21.3 Å². The van der Waals surface area contributed by atoms with Crippen molar-refractivity contribution in [1.29, 1.82) is 0 Å². The van der Waals surface area contributed by atoms with Crippen LogP contribution in [0.5, 0.6) is 11.5 Å². The monoisotopic (exact) mass is 454 g/mol. The Balaban J connectivity index is 1.59. The van der Waals surface area contributed by atoms with Crippen molar-refractivity contribution in [2.24, 2.45) is 0 Å². The molecule has 32 heavy (non-hydrogen) atoms. The fraction of sp³-hybridized carbons (Fsp3) is 0.208. The first-order chi connectivity index (χ1) is 15.3. The molecule has 3 aromatic rings. The Kier molecular flexibility index (Phi) is 7.50. The second-order valence-corrected chi connectivity index (χ2v) is 9.20. The maximum atomic E-state index is 12.8. The Hall–Kier alpha value is -3.36. The van der Waals surface area contributed by atoms with Crippen LogP contribution in [0.3, 0.4) is 0 Å². The molecule has 8 heteroatoms. The molecule has 0 aromatic heterocycles. The SMILES string of the molecule is COc1ccc(N(C)C(=O)COc2ccc(S(=O)(=O)N(C)Cc3ccccc3)cc2)cc1. The smallest absolute Gasteiger partial charge is 0.264 e. The van der Waals surface area contributed by atoms with E-state index in [4.69, 9.17) is 9.47 Å². The first-order valence-corrected chi connectivity index (χ1v) is 11.4. The van der Waals surface area contributed by atoms with E-state index in [0.717, 1.165) is 5.56 Å². The summed E-state index contributed by atoms with van der Waals surface area (Å²) in [5, 5.41) is 0. The second kappa shape index (κ2) is 10.3. The van der Waals surface area contributed by atoms with Crippen LogP contribution in [0.2, 0.25) is 0 Å². The Morgan fingerprint density at radius 3 is 2.03 bits per heavy atom. The minimum absolute atomic E-state index is 0.157. The minimum Gasteiger partial charge on any atom is -0.497 e. The van der Waals surface area contributed by atoms with Gasteiger partial charge in [-0.15, -0.1) is 0 Å². The van der Waals surface area contributed by atoms with E-state index in [-0.39, 0.29) is 24.0 Å². The number of benzene rings is 3. The van der Waals surface area contributed by atoms with Gasteiger partial charge < -0.3 is 14.4 Å². The molecule has 0 spiro atoms. The molecule has 168 valence electrons. The van der Waals surface area contributed by atoms with Gasteiger partial charge in [-0.05, 0) is 54.1 Å². The normalized spacial score (nSPS) is 11.2. The van der Waals surface area contributed by atoms with Crippen LogP contribution in [0.25, 0.3) is 0 Å². The molecule has 0 aliphatic rings. The summed E-state index contributed by atoms with van der Waals surface area (Å²) in [6.07, 6.45) is 0. The van der Waals surface area contributed by atoms with E-state index in [2.05, 4.69) is 0 Å². The summed E-state index contributed by atoms with van der Waals surface area (Å²) in [5.41, 5.74) is 1.61. The highest BCUT2D eigenvalue weighted by Crippen LogP contribution is 2.21. The van der Waals surface area contributed by atoms with Crippen LogP contribution in [-0.2, 0) is 21.4 Å². The van der Waals surface area contributed by atoms with Crippen LogP contribution < -0.4 is 14.4 Å². The summed E-state index contributed by atoms with van der Waals surface area (Å²) in [4.78, 5) is 14.1. The van der Waals surface area contributed by atoms with Crippen molar-refractivity contribution in [2.75, 3.05) is 32.7 Å². The molecule has 3 rings (SSSR count). The minimum atomic E-state index is -3.65. The van der Waals surface area contributed by atoms with Gasteiger partial charge >= 0.3 is 0 Å². The fourth-order valence-electron chi connectivity index (χ4n) is 3.01. The summed E-state index contributed by atoms with van der Waals surface area (Å²) in [6, 6.07) is 22.5. The van der Waals surface area contributed by atoms with Crippen LogP contribution in [0.15, 0.2) is 83.8 Å². The Labute approximate surface area is 188 Å². The van der Waals surface area contributed by atoms with Crippen molar-refractivity contribution in [3.8, 4) is 11.5 Å². The summed E-state index contributed by atoms with van der Waals surface area (Å²) in [7, 11) is 1.13. The van der Waals surface area contributed by atoms with Crippen molar-refractivity contribution < 1.29 is 22.7 Å². The molecule has 0 atom stereocenters. The van der Waals surface area contributed by atoms with Crippen molar-refractivity contribution in [2.45, 2.75) is 11.4 Å². The molecule has 0 N–H and O–H groups in total. The van der Waals surface area contributed by atoms with E-state index in [1.54, 1.807) is 57.6 Å². The van der Waals surface area contributed by atoms with E-state index < -0.39 is 10.0 Å². The number of anilines is 1. The summed E-state index contributed by atoms with van der Waals surface area (Å²) in [5.74, 6) is 0.871. The maximum absolute atomic E-state index is 12.8. The Morgan fingerprint density at radius 2 is 1.44 bits per heavy atom. The van der Waals surface area contributed by atoms with Gasteiger partial charge in [-0.2, -0.15) is 4.31 Å². The molecular formula is C24H26N2O5S. The maximum Gasteiger partial charge on any atom is 0.264 e. The van der Waals surface area contributed by atoms with Gasteiger partial charge in [0.1, 0.15) is 11.5 Å². The van der Waals surface area contributed by atoms with Crippen molar-refractivity contribution in [1.82, 2.24) is 4.31 Å². The number of rotatable bonds is 9. The number of methoxy groups -OCH3 is 1. The Bertz CT molecular complexity index is 1130. The highest BCUT2D eigenvalue weighted by molar-refractivity contribution is 7.89. The number of carbonyl (C=O) groups is 1. The number of hydrogen-bond acceptors (Lipinski definition) is 5. The number of carbonyl (C=O) groups excluding carboxylic acids is 1. The van der Waals surface area contributed by atoms with Gasteiger partial charge in [0, 0.05) is 26.3 Å². The molecule has 0 bridgehead atoms. The summed E-state index contributed by atoms with van der Waals surface area (Å²) in [6.45, 7) is 0.0934. The third kappa shape index (κ3) is 5.66. The molecule has 0 aliphatic carbocycles. The molecule has 0 saturated carbocycles. The molecule has 0 aliphatic heterocycles. The number of ether oxygens (including phenoxy) is 2. The van der Waals surface area contributed by atoms with Crippen molar-refractivity contribution in [3.63, 3.8) is 0 Å². The highest BCUT2D eigenvalue weighted by Gasteiger charge is 2.21. The lowest BCUT2D eigenvalue weighted by molar-refractivity contribution is -0.120. The van der Waals surface area contributed by atoms with E-state index in [1.807, 2.05) is 30.3 Å². The van der Waals surface area contributed by atoms with Crippen LogP contribution in [0, 0.1) is 0 Å². The lowest BCUT2D eigenvalue weighted by Crippen LogP contribution is -2.31. The number of likely N-dealkylation sites (N-methyl/N-ethyl adjacent to an activating group) is 1. The predicted octanol–water partition coefficient (Wildman–Crippen LogP) is 3.56. The largest absolute Gasteiger partial charge is 0.497 e. The highest BCUT2D eigenvalue weighted by atomic mass is 32.2. The quantitative estimate of drug-likeness (QED) is 0.494. The van der Waals surface area contributed by atoms with Crippen LogP contribution in [0.4, 0.5) is 5.69 Å². The molecule has 0 fully saturated rings. The van der Waals surface area contributed by atoms with Gasteiger partial charge in [0.15, 0.2) is 6.61 Å². The first-order valence-electron chi connectivity index (χ1n) is 9.95. The molecular weight excluding hydrogens is 428 g/mol. The number of hydrogen-bond donors (Lipinski definition) is 0. The third-order valence-electron chi connectivity index (χ3n) is 4.98. The second-order valence-electron chi connectivity index (χ2n) is 7.16. The molecule has 0 radical (unpaired) electrons. The Morgan fingerprint density at radius 1 is 0.844 bits per heavy atom. The van der Waals surface area contributed by atoms with Crippen LogP contribution in [0.1, 0.15) is 5.56 Å². The van der Waals surface area contributed by atoms with Crippen molar-refractivity contribution in [3.05, 3.63) is 84.4 Å². The van der Waals surface area contributed by atoms with Gasteiger partial charge in [0.2, 0.25) is 10.0 Å². The average molecular weight is 455 g/mol. The molecule has 0 unspecified atom stereocenters. The molecule has 0 heterocycles. The zero-order valence-corrected chi connectivity index (χ0v) is 19.1. The lowest BCUT2D eigenvalue weighted by Gasteiger charge is -2.19. The fourth-order valence-corrected chi connectivity index (χ4v) is 4.16. The molecule has 0 saturated heterocycles. The van der Waals surface area contributed by atoms with Gasteiger partial charge in [-0.1, -0.05) is 30.3 Å². The molecule has 7 nitrogen and oxygen atoms in total. The summed E-state index contributed by atoms with van der Waals surface area (Å²) < 4.78 is 37.6. The van der Waals surface area contributed by atoms with Gasteiger partial charge in [0.05, 0.1) is 12.0 Å². The molecule has 3 aromatic carbocycles. The van der Waals surface area contributed by atoms with Crippen LogP contribution in [-0.4, -0.2) is 46.4 Å². The number of nitrogens with zero attached hydrogens (tertiary/aromatic N) is 2. The van der Waals surface area contributed by atoms with E-state index in [9.17, 15) is 13.2 Å². The zero-order valence-electron chi connectivity index (χ0n) is 18.3. The molecule has 1 amide bonds. The summed E-state index contributed by atoms with van der Waals surface area (Å²) >= 11 is 0. The topological polar surface area (TPSA) is 76.1 Å². The number of amides is 1. The predicted molar refractivity (Wildman–Crippen MR) is 123 cm³/mol. The third-order valence-corrected chi connectivity index (χ3v) is 6.79. The zero-order chi connectivity index (χ0) is 23.1. The van der Waals surface area contributed by atoms with E-state index >= 15 is 0 Å². The van der Waals surface area contributed by atoms with E-state index in [0.29, 0.717) is 17.2 Å². The number of sulfonamides is 1. The van der Waals surface area contributed by atoms with Gasteiger partial charge in [0.25, 0.3) is 5.91 Å². The van der Waals surface area contributed by atoms with Crippen molar-refractivity contribution >= 4 is 21.6 Å². The first kappa shape index (κ1) is 23.3.